The summed E-state index contributed by atoms with van der Waals surface area (Å²) < 4.78 is 9.02. The van der Waals surface area contributed by atoms with Crippen LogP contribution in [0.2, 0.25) is 0 Å². The maximum atomic E-state index is 9.33. The van der Waals surface area contributed by atoms with E-state index in [0.29, 0.717) is 12.2 Å². The molecule has 0 saturated heterocycles. The minimum absolute atomic E-state index is 0.140. The van der Waals surface area contributed by atoms with Crippen molar-refractivity contribution < 1.29 is 4.74 Å². The lowest BCUT2D eigenvalue weighted by Crippen LogP contribution is -2.09. The first kappa shape index (κ1) is 16.7. The minimum Gasteiger partial charge on any atom is -0.357 e. The molecule has 3 rings (SSSR count). The van der Waals surface area contributed by atoms with Crippen LogP contribution in [-0.2, 0) is 4.74 Å². The molecule has 3 heterocycles. The van der Waals surface area contributed by atoms with Gasteiger partial charge >= 0.3 is 0 Å². The Balaban J connectivity index is 0.000000924. The topological polar surface area (TPSA) is 68.1 Å². The lowest BCUT2D eigenvalue weighted by molar-refractivity contribution is 0.0160. The number of nitriles is 1. The monoisotopic (exact) mass is 311 g/mol. The predicted octanol–water partition coefficient (Wildman–Crippen LogP) is 3.65. The molecule has 0 radical (unpaired) electrons. The molecule has 0 aliphatic rings. The summed E-state index contributed by atoms with van der Waals surface area (Å²) >= 11 is 0. The van der Waals surface area contributed by atoms with E-state index in [1.54, 1.807) is 21.6 Å². The van der Waals surface area contributed by atoms with Crippen LogP contribution in [0.1, 0.15) is 39.5 Å². The molecule has 0 spiro atoms. The number of fused-ring (bicyclic) bond motifs is 1. The third-order valence-electron chi connectivity index (χ3n) is 3.36. The summed E-state index contributed by atoms with van der Waals surface area (Å²) in [7, 11) is 0. The van der Waals surface area contributed by atoms with Crippen LogP contribution in [0.4, 0.5) is 0 Å². The Labute approximate surface area is 135 Å². The van der Waals surface area contributed by atoms with Crippen molar-refractivity contribution in [2.24, 2.45) is 0 Å². The Morgan fingerprint density at radius 3 is 2.78 bits per heavy atom. The summed E-state index contributed by atoms with van der Waals surface area (Å²) in [6.07, 6.45) is 6.93. The Kier molecular flexibility index (Phi) is 5.50. The van der Waals surface area contributed by atoms with Gasteiger partial charge in [-0.2, -0.15) is 15.5 Å². The van der Waals surface area contributed by atoms with E-state index in [2.05, 4.69) is 16.3 Å². The zero-order chi connectivity index (χ0) is 16.8. The maximum absolute atomic E-state index is 9.33. The maximum Gasteiger partial charge on any atom is 0.147 e. The highest BCUT2D eigenvalue weighted by Gasteiger charge is 2.14. The van der Waals surface area contributed by atoms with Gasteiger partial charge in [-0.05, 0) is 26.0 Å². The predicted molar refractivity (Wildman–Crippen MR) is 88.8 cm³/mol. The molecule has 3 aromatic rings. The molecule has 0 bridgehead atoms. The van der Waals surface area contributed by atoms with Crippen molar-refractivity contribution in [2.75, 3.05) is 6.61 Å². The number of rotatable bonds is 4. The highest BCUT2D eigenvalue weighted by Crippen LogP contribution is 2.28. The fourth-order valence-electron chi connectivity index (χ4n) is 2.37. The molecule has 3 aromatic heterocycles. The molecule has 6 heteroatoms. The van der Waals surface area contributed by atoms with E-state index < -0.39 is 0 Å². The van der Waals surface area contributed by atoms with Crippen LogP contribution in [0.5, 0.6) is 0 Å². The van der Waals surface area contributed by atoms with Gasteiger partial charge in [0.15, 0.2) is 0 Å². The van der Waals surface area contributed by atoms with E-state index in [9.17, 15) is 5.26 Å². The molecule has 6 nitrogen and oxygen atoms in total. The summed E-state index contributed by atoms with van der Waals surface area (Å²) in [5.41, 5.74) is 3.14. The second-order valence-corrected chi connectivity index (χ2v) is 4.65. The third kappa shape index (κ3) is 3.25. The molecule has 1 unspecified atom stereocenters. The zero-order valence-corrected chi connectivity index (χ0v) is 13.9. The van der Waals surface area contributed by atoms with Crippen molar-refractivity contribution in [1.82, 2.24) is 19.4 Å². The molecule has 23 heavy (non-hydrogen) atoms. The van der Waals surface area contributed by atoms with E-state index in [0.717, 1.165) is 16.6 Å². The lowest BCUT2D eigenvalue weighted by Gasteiger charge is -2.11. The smallest absolute Gasteiger partial charge is 0.147 e. The highest BCUT2D eigenvalue weighted by atomic mass is 16.5. The van der Waals surface area contributed by atoms with Crippen molar-refractivity contribution in [3.8, 4) is 17.2 Å². The Hall–Kier alpha value is -2.65. The second-order valence-electron chi connectivity index (χ2n) is 4.65. The number of ether oxygens (including phenoxy) is 1. The molecule has 0 aliphatic heterocycles. The quantitative estimate of drug-likeness (QED) is 0.737. The van der Waals surface area contributed by atoms with E-state index >= 15 is 0 Å². The molecule has 0 fully saturated rings. The summed E-state index contributed by atoms with van der Waals surface area (Å²) in [5.74, 6) is 0. The van der Waals surface area contributed by atoms with Gasteiger partial charge in [-0.25, -0.2) is 9.20 Å². The normalized spacial score (nSPS) is 11.6. The van der Waals surface area contributed by atoms with Crippen LogP contribution >= 0.6 is 0 Å². The van der Waals surface area contributed by atoms with Crippen molar-refractivity contribution in [3.05, 3.63) is 42.5 Å². The van der Waals surface area contributed by atoms with E-state index in [-0.39, 0.29) is 6.23 Å². The average Bonchev–Trinajstić information content (AvgIpc) is 3.25. The fraction of sp³-hybridized carbons (Fsp3) is 0.353. The van der Waals surface area contributed by atoms with Crippen molar-refractivity contribution >= 4 is 5.52 Å². The molecule has 0 saturated carbocycles. The van der Waals surface area contributed by atoms with Crippen LogP contribution in [0.3, 0.4) is 0 Å². The van der Waals surface area contributed by atoms with E-state index in [4.69, 9.17) is 4.74 Å². The van der Waals surface area contributed by atoms with Gasteiger partial charge in [-0.3, -0.25) is 0 Å². The molecular weight excluding hydrogens is 290 g/mol. The van der Waals surface area contributed by atoms with Crippen molar-refractivity contribution in [1.29, 1.82) is 5.26 Å². The van der Waals surface area contributed by atoms with Crippen LogP contribution in [-0.4, -0.2) is 26.0 Å². The Morgan fingerprint density at radius 2 is 2.09 bits per heavy atom. The molecular formula is C17H21N5O. The highest BCUT2D eigenvalue weighted by molar-refractivity contribution is 5.84. The average molecular weight is 311 g/mol. The van der Waals surface area contributed by atoms with E-state index in [1.165, 1.54) is 0 Å². The largest absolute Gasteiger partial charge is 0.357 e. The summed E-state index contributed by atoms with van der Waals surface area (Å²) in [4.78, 5) is 0. The van der Waals surface area contributed by atoms with Crippen LogP contribution < -0.4 is 0 Å². The van der Waals surface area contributed by atoms with Gasteiger partial charge in [0.2, 0.25) is 0 Å². The molecule has 1 atom stereocenters. The lowest BCUT2D eigenvalue weighted by atomic mass is 10.1. The van der Waals surface area contributed by atoms with Crippen molar-refractivity contribution in [3.63, 3.8) is 0 Å². The first-order valence-electron chi connectivity index (χ1n) is 7.77. The Morgan fingerprint density at radius 1 is 1.30 bits per heavy atom. The minimum atomic E-state index is -0.140. The van der Waals surface area contributed by atoms with Gasteiger partial charge in [0.25, 0.3) is 0 Å². The molecule has 120 valence electrons. The number of hydrogen-bond donors (Lipinski definition) is 0. The van der Waals surface area contributed by atoms with Gasteiger partial charge in [-0.15, -0.1) is 0 Å². The van der Waals surface area contributed by atoms with Crippen LogP contribution in [0.15, 0.2) is 36.9 Å². The zero-order valence-electron chi connectivity index (χ0n) is 13.9. The number of nitrogens with zero attached hydrogens (tertiary/aromatic N) is 5. The van der Waals surface area contributed by atoms with E-state index in [1.807, 2.05) is 52.2 Å². The fourth-order valence-corrected chi connectivity index (χ4v) is 2.37. The number of aromatic nitrogens is 4. The van der Waals surface area contributed by atoms with Gasteiger partial charge in [0, 0.05) is 30.1 Å². The van der Waals surface area contributed by atoms with Gasteiger partial charge in [-0.1, -0.05) is 13.8 Å². The molecule has 0 aromatic carbocycles. The van der Waals surface area contributed by atoms with Crippen LogP contribution in [0, 0.1) is 11.3 Å². The standard InChI is InChI=1S/C15H15N5O.C2H6/c1-3-21-11(2)20-10-13(9-18-20)15-12(7-16)8-17-19-6-4-5-14(15)19;1-2/h4-6,8-11H,3H2,1-2H3;1-2H3. The van der Waals surface area contributed by atoms with Gasteiger partial charge in [0.1, 0.15) is 12.3 Å². The number of hydrogen-bond acceptors (Lipinski definition) is 4. The molecule has 0 N–H and O–H groups in total. The van der Waals surface area contributed by atoms with Gasteiger partial charge in [0.05, 0.1) is 23.5 Å². The van der Waals surface area contributed by atoms with Crippen LogP contribution in [0.25, 0.3) is 16.6 Å². The summed E-state index contributed by atoms with van der Waals surface area (Å²) in [5, 5.41) is 17.9. The van der Waals surface area contributed by atoms with Gasteiger partial charge < -0.3 is 4.74 Å². The Bertz CT molecular complexity index is 812. The molecule has 0 aliphatic carbocycles. The first-order valence-corrected chi connectivity index (χ1v) is 7.77. The second kappa shape index (κ2) is 7.56. The SMILES string of the molecule is CC.CCOC(C)n1cc(-c2c(C#N)cnn3cccc23)cn1. The third-order valence-corrected chi connectivity index (χ3v) is 3.36. The van der Waals surface area contributed by atoms with Crippen molar-refractivity contribution in [2.45, 2.75) is 33.9 Å². The summed E-state index contributed by atoms with van der Waals surface area (Å²) in [6.45, 7) is 8.50. The molecule has 0 amide bonds. The summed E-state index contributed by atoms with van der Waals surface area (Å²) in [6, 6.07) is 6.04. The first-order chi connectivity index (χ1) is 11.2.